The number of hydrogen-bond acceptors (Lipinski definition) is 3. The minimum Gasteiger partial charge on any atom is -0.495 e. The third kappa shape index (κ3) is 3.27. The molecule has 0 amide bonds. The van der Waals surface area contributed by atoms with Crippen LogP contribution in [-0.2, 0) is 19.5 Å². The fourth-order valence-electron chi connectivity index (χ4n) is 3.75. The van der Waals surface area contributed by atoms with E-state index in [9.17, 15) is 0 Å². The molecule has 4 nitrogen and oxygen atoms in total. The Morgan fingerprint density at radius 3 is 2.81 bits per heavy atom. The van der Waals surface area contributed by atoms with Crippen molar-refractivity contribution in [1.82, 2.24) is 9.88 Å². The molecule has 2 heterocycles. The molecule has 0 fully saturated rings. The minimum atomic E-state index is 0.665. The lowest BCUT2D eigenvalue weighted by molar-refractivity contribution is 0.301. The highest BCUT2D eigenvalue weighted by Gasteiger charge is 2.21. The maximum absolute atomic E-state index is 5.92. The lowest BCUT2D eigenvalue weighted by Gasteiger charge is -2.17. The molecule has 0 atom stereocenters. The summed E-state index contributed by atoms with van der Waals surface area (Å²) in [7, 11) is 1.74. The first-order chi connectivity index (χ1) is 12.8. The molecule has 0 spiro atoms. The van der Waals surface area contributed by atoms with Crippen molar-refractivity contribution in [1.29, 1.82) is 0 Å². The zero-order valence-electron chi connectivity index (χ0n) is 14.9. The van der Waals surface area contributed by atoms with Gasteiger partial charge in [0.05, 0.1) is 19.2 Å². The highest BCUT2D eigenvalue weighted by Crippen LogP contribution is 2.34. The highest BCUT2D eigenvalue weighted by atomic mass is 35.5. The van der Waals surface area contributed by atoms with Gasteiger partial charge in [-0.2, -0.15) is 0 Å². The largest absolute Gasteiger partial charge is 0.495 e. The molecule has 4 rings (SSSR count). The number of benzene rings is 2. The van der Waals surface area contributed by atoms with Gasteiger partial charge in [0.2, 0.25) is 0 Å². The zero-order chi connectivity index (χ0) is 17.9. The molecule has 1 aromatic heterocycles. The van der Waals surface area contributed by atoms with Crippen molar-refractivity contribution in [3.8, 4) is 11.5 Å². The standard InChI is InChI=1S/C21H23ClN2O2/c1-25-20-5-2-4-18-17-10-11-23-14-19(17)24(21(18)20)12-3-13-26-16-8-6-15(22)7-9-16/h2,4-9,23H,3,10-14H2,1H3. The van der Waals surface area contributed by atoms with E-state index < -0.39 is 0 Å². The number of ether oxygens (including phenoxy) is 2. The van der Waals surface area contributed by atoms with Gasteiger partial charge in [-0.05, 0) is 55.3 Å². The van der Waals surface area contributed by atoms with E-state index in [1.807, 2.05) is 30.3 Å². The Bertz CT molecular complexity index is 903. The molecule has 0 aliphatic carbocycles. The second-order valence-electron chi connectivity index (χ2n) is 6.52. The van der Waals surface area contributed by atoms with Crippen molar-refractivity contribution < 1.29 is 9.47 Å². The Hall–Kier alpha value is -2.17. The average molecular weight is 371 g/mol. The summed E-state index contributed by atoms with van der Waals surface area (Å²) >= 11 is 5.92. The number of methoxy groups -OCH3 is 1. The summed E-state index contributed by atoms with van der Waals surface area (Å²) in [4.78, 5) is 0. The van der Waals surface area contributed by atoms with Crippen LogP contribution in [0.3, 0.4) is 0 Å². The van der Waals surface area contributed by atoms with E-state index in [0.29, 0.717) is 6.61 Å². The van der Waals surface area contributed by atoms with Gasteiger partial charge in [-0.1, -0.05) is 23.7 Å². The number of rotatable bonds is 6. The van der Waals surface area contributed by atoms with E-state index in [0.717, 1.165) is 49.0 Å². The van der Waals surface area contributed by atoms with Gasteiger partial charge in [0.1, 0.15) is 11.5 Å². The molecular formula is C21H23ClN2O2. The second-order valence-corrected chi connectivity index (χ2v) is 6.95. The summed E-state index contributed by atoms with van der Waals surface area (Å²) in [6.07, 6.45) is 1.99. The van der Waals surface area contributed by atoms with Gasteiger partial charge < -0.3 is 19.4 Å². The van der Waals surface area contributed by atoms with E-state index in [4.69, 9.17) is 21.1 Å². The third-order valence-electron chi connectivity index (χ3n) is 4.94. The summed E-state index contributed by atoms with van der Waals surface area (Å²) in [6, 6.07) is 13.8. The Morgan fingerprint density at radius 2 is 2.00 bits per heavy atom. The molecule has 5 heteroatoms. The summed E-state index contributed by atoms with van der Waals surface area (Å²) in [5.41, 5.74) is 4.04. The highest BCUT2D eigenvalue weighted by molar-refractivity contribution is 6.30. The Balaban J connectivity index is 1.54. The molecule has 0 saturated carbocycles. The van der Waals surface area contributed by atoms with Crippen molar-refractivity contribution >= 4 is 22.5 Å². The van der Waals surface area contributed by atoms with E-state index in [2.05, 4.69) is 22.0 Å². The SMILES string of the molecule is COc1cccc2c3c(n(CCCOc4ccc(Cl)cc4)c12)CNCC3. The first-order valence-corrected chi connectivity index (χ1v) is 9.42. The number of halogens is 1. The minimum absolute atomic E-state index is 0.665. The van der Waals surface area contributed by atoms with Crippen molar-refractivity contribution in [2.24, 2.45) is 0 Å². The molecule has 2 aromatic carbocycles. The lowest BCUT2D eigenvalue weighted by Crippen LogP contribution is -2.25. The molecule has 26 heavy (non-hydrogen) atoms. The zero-order valence-corrected chi connectivity index (χ0v) is 15.7. The molecule has 0 bridgehead atoms. The van der Waals surface area contributed by atoms with Crippen LogP contribution in [0.4, 0.5) is 0 Å². The first kappa shape index (κ1) is 17.3. The monoisotopic (exact) mass is 370 g/mol. The topological polar surface area (TPSA) is 35.4 Å². The number of aryl methyl sites for hydroxylation is 1. The molecule has 136 valence electrons. The van der Waals surface area contributed by atoms with Crippen molar-refractivity contribution in [2.75, 3.05) is 20.3 Å². The normalized spacial score (nSPS) is 13.6. The van der Waals surface area contributed by atoms with Crippen LogP contribution in [0, 0.1) is 0 Å². The second kappa shape index (κ2) is 7.60. The van der Waals surface area contributed by atoms with Gasteiger partial charge in [0, 0.05) is 29.2 Å². The Morgan fingerprint density at radius 1 is 1.15 bits per heavy atom. The predicted octanol–water partition coefficient (Wildman–Crippen LogP) is 4.42. The maximum atomic E-state index is 5.92. The van der Waals surface area contributed by atoms with Gasteiger partial charge in [0.25, 0.3) is 0 Å². The lowest BCUT2D eigenvalue weighted by atomic mass is 10.0. The number of aromatic nitrogens is 1. The van der Waals surface area contributed by atoms with E-state index in [-0.39, 0.29) is 0 Å². The molecule has 0 unspecified atom stereocenters. The maximum Gasteiger partial charge on any atom is 0.143 e. The van der Waals surface area contributed by atoms with Gasteiger partial charge in [0.15, 0.2) is 0 Å². The number of nitrogens with zero attached hydrogens (tertiary/aromatic N) is 1. The van der Waals surface area contributed by atoms with Crippen LogP contribution >= 0.6 is 11.6 Å². The molecule has 0 saturated heterocycles. The van der Waals surface area contributed by atoms with Crippen LogP contribution in [0.15, 0.2) is 42.5 Å². The fraction of sp³-hybridized carbons (Fsp3) is 0.333. The predicted molar refractivity (Wildman–Crippen MR) is 105 cm³/mol. The molecule has 1 aliphatic heterocycles. The number of fused-ring (bicyclic) bond motifs is 3. The van der Waals surface area contributed by atoms with Gasteiger partial charge in [-0.3, -0.25) is 0 Å². The average Bonchev–Trinajstić information content (AvgIpc) is 3.01. The van der Waals surface area contributed by atoms with Crippen LogP contribution in [0.5, 0.6) is 11.5 Å². The Labute approximate surface area is 158 Å². The smallest absolute Gasteiger partial charge is 0.143 e. The number of hydrogen-bond donors (Lipinski definition) is 1. The quantitative estimate of drug-likeness (QED) is 0.652. The fourth-order valence-corrected chi connectivity index (χ4v) is 3.88. The summed E-state index contributed by atoms with van der Waals surface area (Å²) in [6.45, 7) is 3.51. The Kier molecular flexibility index (Phi) is 5.05. The molecule has 3 aromatic rings. The van der Waals surface area contributed by atoms with Gasteiger partial charge in [-0.25, -0.2) is 0 Å². The van der Waals surface area contributed by atoms with Crippen molar-refractivity contribution in [3.05, 3.63) is 58.7 Å². The third-order valence-corrected chi connectivity index (χ3v) is 5.19. The number of para-hydroxylation sites is 1. The molecular weight excluding hydrogens is 348 g/mol. The van der Waals surface area contributed by atoms with E-state index in [1.165, 1.54) is 22.2 Å². The van der Waals surface area contributed by atoms with Crippen molar-refractivity contribution in [3.63, 3.8) is 0 Å². The summed E-state index contributed by atoms with van der Waals surface area (Å²) in [5, 5.41) is 5.54. The van der Waals surface area contributed by atoms with Crippen LogP contribution in [0.2, 0.25) is 5.02 Å². The van der Waals surface area contributed by atoms with Gasteiger partial charge in [-0.15, -0.1) is 0 Å². The summed E-state index contributed by atoms with van der Waals surface area (Å²) in [5.74, 6) is 1.79. The number of nitrogens with one attached hydrogen (secondary N) is 1. The van der Waals surface area contributed by atoms with E-state index in [1.54, 1.807) is 7.11 Å². The van der Waals surface area contributed by atoms with Crippen LogP contribution in [0.1, 0.15) is 17.7 Å². The molecule has 1 aliphatic rings. The van der Waals surface area contributed by atoms with E-state index >= 15 is 0 Å². The molecule has 1 N–H and O–H groups in total. The molecule has 0 radical (unpaired) electrons. The van der Waals surface area contributed by atoms with Gasteiger partial charge >= 0.3 is 0 Å². The van der Waals surface area contributed by atoms with Crippen LogP contribution in [-0.4, -0.2) is 24.8 Å². The first-order valence-electron chi connectivity index (χ1n) is 9.04. The van der Waals surface area contributed by atoms with Crippen molar-refractivity contribution in [2.45, 2.75) is 25.9 Å². The van der Waals surface area contributed by atoms with Crippen LogP contribution < -0.4 is 14.8 Å². The van der Waals surface area contributed by atoms with Crippen LogP contribution in [0.25, 0.3) is 10.9 Å². The summed E-state index contributed by atoms with van der Waals surface area (Å²) < 4.78 is 13.9.